The van der Waals surface area contributed by atoms with Gasteiger partial charge in [0.25, 0.3) is 0 Å². The lowest BCUT2D eigenvalue weighted by molar-refractivity contribution is 0.937. The van der Waals surface area contributed by atoms with Gasteiger partial charge in [-0.15, -0.1) is 0 Å². The predicted molar refractivity (Wildman–Crippen MR) is 97.1 cm³/mol. The summed E-state index contributed by atoms with van der Waals surface area (Å²) in [5.74, 6) is 0.458. The first kappa shape index (κ1) is 14.8. The molecule has 0 heteroatoms. The molecular weight excluding hydrogens is 264 g/mol. The molecule has 1 unspecified atom stereocenters. The number of benzene rings is 2. The van der Waals surface area contributed by atoms with Gasteiger partial charge in [-0.1, -0.05) is 74.9 Å². The molecule has 0 radical (unpaired) electrons. The van der Waals surface area contributed by atoms with Crippen LogP contribution in [0, 0.1) is 6.92 Å². The summed E-state index contributed by atoms with van der Waals surface area (Å²) in [5, 5.41) is 0. The van der Waals surface area contributed by atoms with E-state index >= 15 is 0 Å². The fourth-order valence-corrected chi connectivity index (χ4v) is 3.53. The lowest BCUT2D eigenvalue weighted by Crippen LogP contribution is -1.92. The van der Waals surface area contributed by atoms with E-state index in [9.17, 15) is 0 Å². The molecule has 2 aromatic carbocycles. The molecule has 0 aromatic heterocycles. The van der Waals surface area contributed by atoms with Gasteiger partial charge in [0.1, 0.15) is 0 Å². The van der Waals surface area contributed by atoms with Gasteiger partial charge < -0.3 is 0 Å². The Morgan fingerprint density at radius 3 is 2.36 bits per heavy atom. The Balaban J connectivity index is 2.06. The van der Waals surface area contributed by atoms with Crippen LogP contribution in [0.2, 0.25) is 0 Å². The Kier molecular flexibility index (Phi) is 4.02. The van der Waals surface area contributed by atoms with Crippen LogP contribution in [0.1, 0.15) is 49.3 Å². The molecule has 0 fully saturated rings. The van der Waals surface area contributed by atoms with E-state index in [1.54, 1.807) is 0 Å². The standard InChI is InChI=1S/C22H24/c1-5-7-20-19(6-2)16(4)22-14-18(12-13-21(20)22)17-10-8-15(3)9-11-17/h6,8-14,16H,2,5,7H2,1,3-4H3. The zero-order valence-corrected chi connectivity index (χ0v) is 13.8. The monoisotopic (exact) mass is 288 g/mol. The average Bonchev–Trinajstić information content (AvgIpc) is 2.80. The minimum atomic E-state index is 0.458. The van der Waals surface area contributed by atoms with Gasteiger partial charge in [0.15, 0.2) is 0 Å². The van der Waals surface area contributed by atoms with E-state index in [4.69, 9.17) is 0 Å². The van der Waals surface area contributed by atoms with Gasteiger partial charge in [-0.2, -0.15) is 0 Å². The van der Waals surface area contributed by atoms with Gasteiger partial charge in [-0.3, -0.25) is 0 Å². The summed E-state index contributed by atoms with van der Waals surface area (Å²) >= 11 is 0. The largest absolute Gasteiger partial charge is 0.0988 e. The van der Waals surface area contributed by atoms with Crippen molar-refractivity contribution in [2.75, 3.05) is 0 Å². The molecule has 22 heavy (non-hydrogen) atoms. The molecular formula is C22H24. The zero-order valence-electron chi connectivity index (χ0n) is 13.8. The second kappa shape index (κ2) is 5.96. The van der Waals surface area contributed by atoms with E-state index < -0.39 is 0 Å². The van der Waals surface area contributed by atoms with Crippen LogP contribution >= 0.6 is 0 Å². The summed E-state index contributed by atoms with van der Waals surface area (Å²) in [6, 6.07) is 15.7. The van der Waals surface area contributed by atoms with Crippen molar-refractivity contribution in [2.24, 2.45) is 0 Å². The summed E-state index contributed by atoms with van der Waals surface area (Å²) in [4.78, 5) is 0. The maximum Gasteiger partial charge on any atom is 0.00699 e. The maximum absolute atomic E-state index is 4.04. The van der Waals surface area contributed by atoms with Crippen LogP contribution in [0.5, 0.6) is 0 Å². The summed E-state index contributed by atoms with van der Waals surface area (Å²) in [6.07, 6.45) is 4.38. The molecule has 0 bridgehead atoms. The molecule has 2 aromatic rings. The third kappa shape index (κ3) is 2.43. The fourth-order valence-electron chi connectivity index (χ4n) is 3.53. The lowest BCUT2D eigenvalue weighted by Gasteiger charge is -2.10. The first-order valence-corrected chi connectivity index (χ1v) is 8.22. The van der Waals surface area contributed by atoms with Crippen molar-refractivity contribution >= 4 is 5.57 Å². The number of aryl methyl sites for hydroxylation is 1. The molecule has 0 saturated heterocycles. The molecule has 1 aliphatic carbocycles. The Morgan fingerprint density at radius 1 is 1.05 bits per heavy atom. The van der Waals surface area contributed by atoms with E-state index in [-0.39, 0.29) is 0 Å². The molecule has 112 valence electrons. The first-order valence-electron chi connectivity index (χ1n) is 8.22. The van der Waals surface area contributed by atoms with Gasteiger partial charge in [0.05, 0.1) is 0 Å². The van der Waals surface area contributed by atoms with Crippen LogP contribution in [0.25, 0.3) is 16.7 Å². The van der Waals surface area contributed by atoms with Crippen molar-refractivity contribution in [3.05, 3.63) is 77.4 Å². The second-order valence-corrected chi connectivity index (χ2v) is 6.28. The van der Waals surface area contributed by atoms with Crippen molar-refractivity contribution in [1.29, 1.82) is 0 Å². The Hall–Kier alpha value is -2.08. The summed E-state index contributed by atoms with van der Waals surface area (Å²) in [6.45, 7) is 10.7. The van der Waals surface area contributed by atoms with Crippen molar-refractivity contribution in [1.82, 2.24) is 0 Å². The lowest BCUT2D eigenvalue weighted by atomic mass is 9.94. The molecule has 0 heterocycles. The summed E-state index contributed by atoms with van der Waals surface area (Å²) in [5.41, 5.74) is 9.71. The molecule has 0 spiro atoms. The van der Waals surface area contributed by atoms with Crippen LogP contribution in [-0.4, -0.2) is 0 Å². The number of hydrogen-bond donors (Lipinski definition) is 0. The minimum Gasteiger partial charge on any atom is -0.0988 e. The van der Waals surface area contributed by atoms with Crippen LogP contribution in [0.15, 0.2) is 60.7 Å². The second-order valence-electron chi connectivity index (χ2n) is 6.28. The highest BCUT2D eigenvalue weighted by molar-refractivity contribution is 5.82. The van der Waals surface area contributed by atoms with Crippen LogP contribution < -0.4 is 0 Å². The molecule has 0 saturated carbocycles. The van der Waals surface area contributed by atoms with Gasteiger partial charge in [-0.25, -0.2) is 0 Å². The number of allylic oxidation sites excluding steroid dienone is 3. The van der Waals surface area contributed by atoms with E-state index in [1.165, 1.54) is 45.4 Å². The van der Waals surface area contributed by atoms with Crippen molar-refractivity contribution < 1.29 is 0 Å². The Bertz CT molecular complexity index is 729. The molecule has 1 aliphatic rings. The van der Waals surface area contributed by atoms with E-state index in [2.05, 4.69) is 75.9 Å². The van der Waals surface area contributed by atoms with Crippen molar-refractivity contribution in [2.45, 2.75) is 39.5 Å². The predicted octanol–water partition coefficient (Wildman–Crippen LogP) is 6.52. The van der Waals surface area contributed by atoms with E-state index in [0.29, 0.717) is 5.92 Å². The van der Waals surface area contributed by atoms with Crippen LogP contribution in [0.4, 0.5) is 0 Å². The van der Waals surface area contributed by atoms with Crippen LogP contribution in [0.3, 0.4) is 0 Å². The van der Waals surface area contributed by atoms with Crippen LogP contribution in [-0.2, 0) is 0 Å². The summed E-state index contributed by atoms with van der Waals surface area (Å²) in [7, 11) is 0. The van der Waals surface area contributed by atoms with Gasteiger partial charge in [0, 0.05) is 5.92 Å². The smallest absolute Gasteiger partial charge is 0.00699 e. The van der Waals surface area contributed by atoms with Gasteiger partial charge in [-0.05, 0) is 52.8 Å². The average molecular weight is 288 g/mol. The number of rotatable bonds is 4. The van der Waals surface area contributed by atoms with Crippen molar-refractivity contribution in [3.63, 3.8) is 0 Å². The topological polar surface area (TPSA) is 0 Å². The highest BCUT2D eigenvalue weighted by Crippen LogP contribution is 2.45. The molecule has 1 atom stereocenters. The Morgan fingerprint density at radius 2 is 1.73 bits per heavy atom. The highest BCUT2D eigenvalue weighted by Gasteiger charge is 2.26. The van der Waals surface area contributed by atoms with Gasteiger partial charge in [0.2, 0.25) is 0 Å². The minimum absolute atomic E-state index is 0.458. The normalized spacial score (nSPS) is 16.8. The van der Waals surface area contributed by atoms with Crippen molar-refractivity contribution in [3.8, 4) is 11.1 Å². The fraction of sp³-hybridized carbons (Fsp3) is 0.273. The molecule has 0 amide bonds. The quantitative estimate of drug-likeness (QED) is 0.601. The third-order valence-electron chi connectivity index (χ3n) is 4.76. The molecule has 0 nitrogen and oxygen atoms in total. The molecule has 0 N–H and O–H groups in total. The van der Waals surface area contributed by atoms with E-state index in [0.717, 1.165) is 6.42 Å². The third-order valence-corrected chi connectivity index (χ3v) is 4.76. The van der Waals surface area contributed by atoms with Gasteiger partial charge >= 0.3 is 0 Å². The number of hydrogen-bond acceptors (Lipinski definition) is 0. The summed E-state index contributed by atoms with van der Waals surface area (Å²) < 4.78 is 0. The van der Waals surface area contributed by atoms with E-state index in [1.807, 2.05) is 0 Å². The Labute approximate surface area is 134 Å². The first-order chi connectivity index (χ1) is 10.7. The molecule has 3 rings (SSSR count). The SMILES string of the molecule is C=CC1=C(CCC)c2ccc(-c3ccc(C)cc3)cc2C1C. The number of fused-ring (bicyclic) bond motifs is 1. The maximum atomic E-state index is 4.04. The highest BCUT2D eigenvalue weighted by atomic mass is 14.3. The molecule has 0 aliphatic heterocycles. The zero-order chi connectivity index (χ0) is 15.7.